The maximum Gasteiger partial charge on any atom is 0.135 e. The van der Waals surface area contributed by atoms with Crippen LogP contribution in [0, 0.1) is 0 Å². The van der Waals surface area contributed by atoms with Crippen LogP contribution < -0.4 is 4.74 Å². The predicted octanol–water partition coefficient (Wildman–Crippen LogP) is 13.1. The van der Waals surface area contributed by atoms with Crippen molar-refractivity contribution < 1.29 is 4.74 Å². The number of rotatable bonds is 3. The number of hydrogen-bond donors (Lipinski definition) is 0. The van der Waals surface area contributed by atoms with Crippen molar-refractivity contribution in [1.82, 2.24) is 0 Å². The zero-order valence-electron chi connectivity index (χ0n) is 26.9. The first-order valence-electron chi connectivity index (χ1n) is 16.8. The highest BCUT2D eigenvalue weighted by molar-refractivity contribution is 6.10. The van der Waals surface area contributed by atoms with Crippen LogP contribution in [0.4, 0.5) is 0 Å². The summed E-state index contributed by atoms with van der Waals surface area (Å²) >= 11 is 0. The van der Waals surface area contributed by atoms with Gasteiger partial charge in [0.2, 0.25) is 0 Å². The van der Waals surface area contributed by atoms with Crippen molar-refractivity contribution in [3.63, 3.8) is 0 Å². The number of fused-ring (bicyclic) bond motifs is 6. The maximum atomic E-state index is 6.53. The van der Waals surface area contributed by atoms with Gasteiger partial charge in [-0.25, -0.2) is 0 Å². The second-order valence-electron chi connectivity index (χ2n) is 13.7. The monoisotopic (exact) mass is 612 g/mol. The number of ether oxygens (including phenoxy) is 1. The summed E-state index contributed by atoms with van der Waals surface area (Å²) in [6.45, 7) is 4.70. The quantitative estimate of drug-likeness (QED) is 0.193. The third-order valence-electron chi connectivity index (χ3n) is 10.6. The number of hydrogen-bond acceptors (Lipinski definition) is 1. The molecule has 10 rings (SSSR count). The SMILES string of the molecule is CC1(C)c2ccccc2-c2cc3ccc(-c4cccc(-c5ccc6c(c5)-c5cccc7c(-c8ccccc8)ccc(c57)O6)c4)cc3cc21. The van der Waals surface area contributed by atoms with E-state index < -0.39 is 0 Å². The molecule has 1 aliphatic carbocycles. The Balaban J connectivity index is 1.05. The van der Waals surface area contributed by atoms with Gasteiger partial charge in [-0.1, -0.05) is 129 Å². The average Bonchev–Trinajstić information content (AvgIpc) is 3.36. The molecule has 0 atom stereocenters. The van der Waals surface area contributed by atoms with Gasteiger partial charge in [-0.05, 0) is 120 Å². The first-order chi connectivity index (χ1) is 23.5. The summed E-state index contributed by atoms with van der Waals surface area (Å²) in [5.74, 6) is 1.81. The van der Waals surface area contributed by atoms with E-state index in [1.807, 2.05) is 0 Å². The van der Waals surface area contributed by atoms with Gasteiger partial charge in [0, 0.05) is 16.4 Å². The van der Waals surface area contributed by atoms with Crippen molar-refractivity contribution in [1.29, 1.82) is 0 Å². The molecule has 0 saturated carbocycles. The van der Waals surface area contributed by atoms with Gasteiger partial charge in [-0.3, -0.25) is 0 Å². The molecule has 8 aromatic rings. The van der Waals surface area contributed by atoms with Gasteiger partial charge in [0.25, 0.3) is 0 Å². The van der Waals surface area contributed by atoms with Crippen molar-refractivity contribution in [2.75, 3.05) is 0 Å². The van der Waals surface area contributed by atoms with Crippen LogP contribution in [0.2, 0.25) is 0 Å². The van der Waals surface area contributed by atoms with Gasteiger partial charge in [0.1, 0.15) is 11.5 Å². The normalized spacial score (nSPS) is 13.5. The Morgan fingerprint density at radius 2 is 1.06 bits per heavy atom. The van der Waals surface area contributed by atoms with Gasteiger partial charge in [-0.2, -0.15) is 0 Å². The van der Waals surface area contributed by atoms with E-state index >= 15 is 0 Å². The van der Waals surface area contributed by atoms with E-state index in [0.717, 1.165) is 17.1 Å². The molecule has 1 heterocycles. The Labute approximate surface area is 280 Å². The highest BCUT2D eigenvalue weighted by Gasteiger charge is 2.35. The Morgan fingerprint density at radius 3 is 1.94 bits per heavy atom. The first kappa shape index (κ1) is 27.2. The van der Waals surface area contributed by atoms with E-state index in [4.69, 9.17) is 4.74 Å². The number of benzene rings is 8. The van der Waals surface area contributed by atoms with Crippen LogP contribution in [-0.4, -0.2) is 0 Å². The molecule has 0 spiro atoms. The molecule has 1 nitrogen and oxygen atoms in total. The summed E-state index contributed by atoms with van der Waals surface area (Å²) in [4.78, 5) is 0. The summed E-state index contributed by atoms with van der Waals surface area (Å²) in [7, 11) is 0. The van der Waals surface area contributed by atoms with Crippen LogP contribution in [0.1, 0.15) is 25.0 Å². The lowest BCUT2D eigenvalue weighted by Crippen LogP contribution is -2.14. The van der Waals surface area contributed by atoms with E-state index in [0.29, 0.717) is 0 Å². The van der Waals surface area contributed by atoms with Gasteiger partial charge in [-0.15, -0.1) is 0 Å². The molecule has 0 N–H and O–H groups in total. The Kier molecular flexibility index (Phi) is 5.69. The van der Waals surface area contributed by atoms with Crippen LogP contribution >= 0.6 is 0 Å². The third kappa shape index (κ3) is 3.98. The molecular formula is C47H32O. The molecule has 0 fully saturated rings. The minimum Gasteiger partial charge on any atom is -0.456 e. The second-order valence-corrected chi connectivity index (χ2v) is 13.7. The van der Waals surface area contributed by atoms with Crippen LogP contribution in [0.3, 0.4) is 0 Å². The molecule has 0 saturated heterocycles. The van der Waals surface area contributed by atoms with Crippen molar-refractivity contribution in [2.24, 2.45) is 0 Å². The zero-order chi connectivity index (χ0) is 32.0. The highest BCUT2D eigenvalue weighted by atomic mass is 16.5. The van der Waals surface area contributed by atoms with E-state index in [1.165, 1.54) is 82.7 Å². The summed E-state index contributed by atoms with van der Waals surface area (Å²) in [6, 6.07) is 57.6. The lowest BCUT2D eigenvalue weighted by molar-refractivity contribution is 0.487. The molecule has 0 radical (unpaired) electrons. The van der Waals surface area contributed by atoms with E-state index in [2.05, 4.69) is 172 Å². The molecule has 0 bridgehead atoms. The fourth-order valence-corrected chi connectivity index (χ4v) is 8.18. The van der Waals surface area contributed by atoms with Crippen molar-refractivity contribution in [3.8, 4) is 67.1 Å². The van der Waals surface area contributed by atoms with Crippen LogP contribution in [0.15, 0.2) is 158 Å². The molecule has 226 valence electrons. The zero-order valence-corrected chi connectivity index (χ0v) is 26.9. The lowest BCUT2D eigenvalue weighted by atomic mass is 9.82. The predicted molar refractivity (Wildman–Crippen MR) is 201 cm³/mol. The fourth-order valence-electron chi connectivity index (χ4n) is 8.18. The van der Waals surface area contributed by atoms with Gasteiger partial charge < -0.3 is 4.74 Å². The Morgan fingerprint density at radius 1 is 0.375 bits per heavy atom. The van der Waals surface area contributed by atoms with Crippen LogP contribution in [-0.2, 0) is 5.41 Å². The minimum atomic E-state index is -0.0137. The lowest BCUT2D eigenvalue weighted by Gasteiger charge is -2.23. The van der Waals surface area contributed by atoms with Crippen LogP contribution in [0.5, 0.6) is 11.5 Å². The summed E-state index contributed by atoms with van der Waals surface area (Å²) in [5.41, 5.74) is 15.1. The topological polar surface area (TPSA) is 9.23 Å². The fraction of sp³-hybridized carbons (Fsp3) is 0.0638. The average molecular weight is 613 g/mol. The van der Waals surface area contributed by atoms with Gasteiger partial charge in [0.05, 0.1) is 0 Å². The third-order valence-corrected chi connectivity index (χ3v) is 10.6. The van der Waals surface area contributed by atoms with Gasteiger partial charge in [0.15, 0.2) is 0 Å². The molecule has 1 heteroatoms. The molecular weight excluding hydrogens is 581 g/mol. The first-order valence-corrected chi connectivity index (χ1v) is 16.8. The Hall–Kier alpha value is -5.92. The summed E-state index contributed by atoms with van der Waals surface area (Å²) in [6.07, 6.45) is 0. The largest absolute Gasteiger partial charge is 0.456 e. The van der Waals surface area contributed by atoms with Crippen molar-refractivity contribution in [2.45, 2.75) is 19.3 Å². The molecule has 48 heavy (non-hydrogen) atoms. The smallest absolute Gasteiger partial charge is 0.135 e. The van der Waals surface area contributed by atoms with Crippen molar-refractivity contribution in [3.05, 3.63) is 169 Å². The second kappa shape index (κ2) is 10.0. The molecule has 0 unspecified atom stereocenters. The van der Waals surface area contributed by atoms with Gasteiger partial charge >= 0.3 is 0 Å². The molecule has 0 amide bonds. The standard InChI is InChI=1S/C47H32O/c1-47(2)42-17-7-6-14-37(42)40-26-34-19-18-32(25-35(34)28-43(40)47)30-12-8-13-31(24-30)33-20-22-44-41(27-33)39-16-9-15-38-36(29-10-4-3-5-11-29)21-23-45(48-44)46(38)39/h3-28H,1-2H3. The van der Waals surface area contributed by atoms with E-state index in [9.17, 15) is 0 Å². The highest BCUT2D eigenvalue weighted by Crippen LogP contribution is 2.51. The molecule has 8 aromatic carbocycles. The molecule has 1 aliphatic heterocycles. The minimum absolute atomic E-state index is 0.0137. The molecule has 2 aliphatic rings. The van der Waals surface area contributed by atoms with Crippen molar-refractivity contribution >= 4 is 21.5 Å². The Bertz CT molecular complexity index is 2610. The summed E-state index contributed by atoms with van der Waals surface area (Å²) in [5, 5.41) is 4.94. The van der Waals surface area contributed by atoms with Crippen LogP contribution in [0.25, 0.3) is 77.2 Å². The van der Waals surface area contributed by atoms with E-state index in [-0.39, 0.29) is 5.41 Å². The van der Waals surface area contributed by atoms with E-state index in [1.54, 1.807) is 0 Å². The summed E-state index contributed by atoms with van der Waals surface area (Å²) < 4.78 is 6.53. The maximum absolute atomic E-state index is 6.53. The molecule has 0 aromatic heterocycles.